The minimum Gasteiger partial charge on any atom is -0.494 e. The topological polar surface area (TPSA) is 41.6 Å². The van der Waals surface area contributed by atoms with Gasteiger partial charge in [0.05, 0.1) is 6.61 Å². The third-order valence-electron chi connectivity index (χ3n) is 2.96. The highest BCUT2D eigenvalue weighted by atomic mass is 35.5. The molecule has 0 spiro atoms. The summed E-state index contributed by atoms with van der Waals surface area (Å²) in [6.07, 6.45) is 2.28. The van der Waals surface area contributed by atoms with Crippen LogP contribution >= 0.6 is 24.0 Å². The molecule has 4 nitrogen and oxygen atoms in total. The monoisotopic (exact) mass is 334 g/mol. The molecule has 0 aliphatic rings. The fourth-order valence-electron chi connectivity index (χ4n) is 1.75. The van der Waals surface area contributed by atoms with Crippen LogP contribution in [0.25, 0.3) is 0 Å². The summed E-state index contributed by atoms with van der Waals surface area (Å²) in [6.45, 7) is 2.18. The van der Waals surface area contributed by atoms with Crippen molar-refractivity contribution in [3.63, 3.8) is 0 Å². The molecular weight excluding hydrogens is 311 g/mol. The molecule has 1 amide bonds. The van der Waals surface area contributed by atoms with Crippen LogP contribution in [0.3, 0.4) is 0 Å². The van der Waals surface area contributed by atoms with Crippen LogP contribution in [0, 0.1) is 0 Å². The number of nitrogens with zero attached hydrogens (tertiary/aromatic N) is 1. The molecule has 6 heteroatoms. The van der Waals surface area contributed by atoms with Crippen molar-refractivity contribution in [2.45, 2.75) is 19.3 Å². The van der Waals surface area contributed by atoms with Crippen molar-refractivity contribution in [1.82, 2.24) is 10.2 Å². The second-order valence-electron chi connectivity index (χ2n) is 4.68. The fourth-order valence-corrected chi connectivity index (χ4v) is 1.88. The van der Waals surface area contributed by atoms with Gasteiger partial charge in [-0.1, -0.05) is 11.6 Å². The molecule has 0 fully saturated rings. The Hall–Kier alpha value is -0.970. The molecule has 0 atom stereocenters. The molecule has 0 heterocycles. The molecule has 21 heavy (non-hydrogen) atoms. The second kappa shape index (κ2) is 11.7. The molecule has 120 valence electrons. The number of benzene rings is 1. The van der Waals surface area contributed by atoms with E-state index in [9.17, 15) is 4.79 Å². The van der Waals surface area contributed by atoms with E-state index in [-0.39, 0.29) is 18.3 Å². The number of nitrogens with one attached hydrogen (secondary N) is 1. The molecule has 1 aromatic rings. The summed E-state index contributed by atoms with van der Waals surface area (Å²) in [6, 6.07) is 7.28. The first-order valence-electron chi connectivity index (χ1n) is 6.90. The first-order chi connectivity index (χ1) is 9.63. The maximum absolute atomic E-state index is 11.8. The molecule has 0 saturated heterocycles. The van der Waals surface area contributed by atoms with Gasteiger partial charge in [0.2, 0.25) is 5.91 Å². The van der Waals surface area contributed by atoms with Crippen LogP contribution in [0.5, 0.6) is 5.75 Å². The number of carbonyl (C=O) groups is 1. The highest BCUT2D eigenvalue weighted by Gasteiger charge is 2.07. The number of carbonyl (C=O) groups excluding carboxylic acids is 1. The van der Waals surface area contributed by atoms with Crippen LogP contribution < -0.4 is 10.1 Å². The van der Waals surface area contributed by atoms with Crippen molar-refractivity contribution in [1.29, 1.82) is 0 Å². The predicted molar refractivity (Wildman–Crippen MR) is 89.6 cm³/mol. The molecule has 1 rings (SSSR count). The van der Waals surface area contributed by atoms with Crippen molar-refractivity contribution < 1.29 is 9.53 Å². The highest BCUT2D eigenvalue weighted by molar-refractivity contribution is 6.30. The summed E-state index contributed by atoms with van der Waals surface area (Å²) in [5.41, 5.74) is 0. The van der Waals surface area contributed by atoms with Crippen molar-refractivity contribution >= 4 is 29.9 Å². The summed E-state index contributed by atoms with van der Waals surface area (Å²) < 4.78 is 5.58. The van der Waals surface area contributed by atoms with E-state index < -0.39 is 0 Å². The van der Waals surface area contributed by atoms with Gasteiger partial charge in [0, 0.05) is 25.0 Å². The third-order valence-corrected chi connectivity index (χ3v) is 3.22. The van der Waals surface area contributed by atoms with Gasteiger partial charge in [-0.05, 0) is 50.7 Å². The van der Waals surface area contributed by atoms with E-state index in [4.69, 9.17) is 16.3 Å². The number of amides is 1. The van der Waals surface area contributed by atoms with E-state index in [0.29, 0.717) is 24.6 Å². The molecule has 0 aliphatic carbocycles. The maximum atomic E-state index is 11.8. The van der Waals surface area contributed by atoms with Gasteiger partial charge in [-0.2, -0.15) is 0 Å². The molecule has 0 radical (unpaired) electrons. The van der Waals surface area contributed by atoms with Gasteiger partial charge in [-0.3, -0.25) is 4.79 Å². The summed E-state index contributed by atoms with van der Waals surface area (Å²) >= 11 is 5.80. The third kappa shape index (κ3) is 8.81. The zero-order valence-corrected chi connectivity index (χ0v) is 14.2. The summed E-state index contributed by atoms with van der Waals surface area (Å²) in [5, 5.41) is 3.73. The summed E-state index contributed by atoms with van der Waals surface area (Å²) in [5.74, 6) is 0.990. The first-order valence-corrected chi connectivity index (χ1v) is 7.28. The minimum atomic E-state index is 0. The summed E-state index contributed by atoms with van der Waals surface area (Å²) in [4.78, 5) is 13.5. The standard InChI is InChI=1S/C15H23ClN2O2.ClH/c1-17-10-3-5-15(19)18(2)11-4-12-20-14-8-6-13(16)7-9-14;/h6-9,17H,3-5,10-12H2,1-2H3;1H. The zero-order chi connectivity index (χ0) is 14.8. The molecule has 0 aliphatic heterocycles. The Morgan fingerprint density at radius 1 is 1.29 bits per heavy atom. The molecule has 0 saturated carbocycles. The normalized spacial score (nSPS) is 9.86. The Labute approximate surface area is 138 Å². The Balaban J connectivity index is 0.00000400. The summed E-state index contributed by atoms with van der Waals surface area (Å²) in [7, 11) is 3.73. The lowest BCUT2D eigenvalue weighted by Crippen LogP contribution is -2.29. The lowest BCUT2D eigenvalue weighted by molar-refractivity contribution is -0.130. The van der Waals surface area contributed by atoms with Crippen LogP contribution in [0.1, 0.15) is 19.3 Å². The van der Waals surface area contributed by atoms with Gasteiger partial charge in [0.1, 0.15) is 5.75 Å². The van der Waals surface area contributed by atoms with Crippen molar-refractivity contribution in [2.24, 2.45) is 0 Å². The van der Waals surface area contributed by atoms with E-state index in [1.165, 1.54) is 0 Å². The largest absolute Gasteiger partial charge is 0.494 e. The molecule has 1 N–H and O–H groups in total. The van der Waals surface area contributed by atoms with Gasteiger partial charge >= 0.3 is 0 Å². The molecule has 0 bridgehead atoms. The zero-order valence-electron chi connectivity index (χ0n) is 12.6. The smallest absolute Gasteiger partial charge is 0.222 e. The van der Waals surface area contributed by atoms with Crippen LogP contribution in [0.15, 0.2) is 24.3 Å². The van der Waals surface area contributed by atoms with Crippen molar-refractivity contribution in [3.05, 3.63) is 29.3 Å². The molecule has 1 aromatic carbocycles. The van der Waals surface area contributed by atoms with E-state index >= 15 is 0 Å². The first kappa shape index (κ1) is 20.0. The average Bonchev–Trinajstić information content (AvgIpc) is 2.45. The second-order valence-corrected chi connectivity index (χ2v) is 5.11. The van der Waals surface area contributed by atoms with Gasteiger partial charge in [-0.15, -0.1) is 12.4 Å². The molecule has 0 aromatic heterocycles. The number of halogens is 2. The Morgan fingerprint density at radius 3 is 2.57 bits per heavy atom. The highest BCUT2D eigenvalue weighted by Crippen LogP contribution is 2.15. The van der Waals surface area contributed by atoms with E-state index in [1.54, 1.807) is 17.0 Å². The number of hydrogen-bond donors (Lipinski definition) is 1. The number of hydrogen-bond acceptors (Lipinski definition) is 3. The average molecular weight is 335 g/mol. The van der Waals surface area contributed by atoms with Crippen LogP contribution in [-0.4, -0.2) is 44.6 Å². The van der Waals surface area contributed by atoms with Crippen molar-refractivity contribution in [3.8, 4) is 5.75 Å². The van der Waals surface area contributed by atoms with Crippen LogP contribution in [0.2, 0.25) is 5.02 Å². The van der Waals surface area contributed by atoms with Gasteiger partial charge in [0.15, 0.2) is 0 Å². The fraction of sp³-hybridized carbons (Fsp3) is 0.533. The molecular formula is C15H24Cl2N2O2. The molecule has 0 unspecified atom stereocenters. The van der Waals surface area contributed by atoms with Crippen molar-refractivity contribution in [2.75, 3.05) is 33.8 Å². The Kier molecular flexibility index (Phi) is 11.1. The number of rotatable bonds is 9. The van der Waals surface area contributed by atoms with E-state index in [2.05, 4.69) is 5.32 Å². The Bertz CT molecular complexity index is 399. The van der Waals surface area contributed by atoms with Crippen LogP contribution in [0.4, 0.5) is 0 Å². The van der Waals surface area contributed by atoms with E-state index in [0.717, 1.165) is 25.1 Å². The predicted octanol–water partition coefficient (Wildman–Crippen LogP) is 2.99. The van der Waals surface area contributed by atoms with Gasteiger partial charge in [0.25, 0.3) is 0 Å². The minimum absolute atomic E-state index is 0. The SMILES string of the molecule is CNCCCC(=O)N(C)CCCOc1ccc(Cl)cc1.Cl. The maximum Gasteiger partial charge on any atom is 0.222 e. The lowest BCUT2D eigenvalue weighted by Gasteiger charge is -2.17. The van der Waals surface area contributed by atoms with Gasteiger partial charge < -0.3 is 15.0 Å². The van der Waals surface area contributed by atoms with E-state index in [1.807, 2.05) is 26.2 Å². The lowest BCUT2D eigenvalue weighted by atomic mass is 10.2. The number of ether oxygens (including phenoxy) is 1. The van der Waals surface area contributed by atoms with Crippen LogP contribution in [-0.2, 0) is 4.79 Å². The quantitative estimate of drug-likeness (QED) is 0.706. The Morgan fingerprint density at radius 2 is 1.95 bits per heavy atom. The van der Waals surface area contributed by atoms with Gasteiger partial charge in [-0.25, -0.2) is 0 Å².